The summed E-state index contributed by atoms with van der Waals surface area (Å²) in [6.45, 7) is 8.46. The van der Waals surface area contributed by atoms with Gasteiger partial charge in [-0.25, -0.2) is 4.39 Å². The van der Waals surface area contributed by atoms with Gasteiger partial charge in [-0.2, -0.15) is 0 Å². The van der Waals surface area contributed by atoms with Crippen LogP contribution in [0, 0.1) is 5.82 Å². The lowest BCUT2D eigenvalue weighted by molar-refractivity contribution is 0.144. The Morgan fingerprint density at radius 1 is 1.30 bits per heavy atom. The number of likely N-dealkylation sites (N-methyl/N-ethyl adjacent to an activating group) is 1. The Morgan fingerprint density at radius 2 is 2.00 bits per heavy atom. The van der Waals surface area contributed by atoms with Gasteiger partial charge in [-0.05, 0) is 37.7 Å². The predicted molar refractivity (Wildman–Crippen MR) is 84.3 cm³/mol. The van der Waals surface area contributed by atoms with Crippen LogP contribution in [0.3, 0.4) is 0 Å². The van der Waals surface area contributed by atoms with Crippen LogP contribution < -0.4 is 5.32 Å². The van der Waals surface area contributed by atoms with E-state index >= 15 is 0 Å². The molecule has 1 aliphatic rings. The second-order valence-corrected chi connectivity index (χ2v) is 6.48. The van der Waals surface area contributed by atoms with Crippen LogP contribution in [0.25, 0.3) is 0 Å². The summed E-state index contributed by atoms with van der Waals surface area (Å²) in [6, 6.07) is 5.21. The lowest BCUT2D eigenvalue weighted by Crippen LogP contribution is -2.48. The Hall–Kier alpha value is -0.490. The smallest absolute Gasteiger partial charge is 0.123 e. The zero-order chi connectivity index (χ0) is 14.5. The van der Waals surface area contributed by atoms with Crippen molar-refractivity contribution in [1.29, 1.82) is 0 Å². The average molecular weight is 344 g/mol. The quantitative estimate of drug-likeness (QED) is 0.885. The number of hydrogen-bond donors (Lipinski definition) is 1. The van der Waals surface area contributed by atoms with Gasteiger partial charge >= 0.3 is 0 Å². The first kappa shape index (κ1) is 15.9. The largest absolute Gasteiger partial charge is 0.309 e. The maximum atomic E-state index is 13.2. The number of hydrogen-bond acceptors (Lipinski definition) is 3. The van der Waals surface area contributed by atoms with E-state index in [1.54, 1.807) is 12.1 Å². The minimum absolute atomic E-state index is 0.184. The van der Waals surface area contributed by atoms with E-state index in [1.807, 2.05) is 0 Å². The highest BCUT2D eigenvalue weighted by molar-refractivity contribution is 9.10. The van der Waals surface area contributed by atoms with E-state index in [-0.39, 0.29) is 5.82 Å². The molecule has 1 atom stereocenters. The molecule has 20 heavy (non-hydrogen) atoms. The zero-order valence-electron chi connectivity index (χ0n) is 12.2. The lowest BCUT2D eigenvalue weighted by Gasteiger charge is -2.34. The summed E-state index contributed by atoms with van der Waals surface area (Å²) >= 11 is 3.46. The van der Waals surface area contributed by atoms with Gasteiger partial charge in [-0.3, -0.25) is 4.90 Å². The second-order valence-electron chi connectivity index (χ2n) is 5.62. The standard InChI is InChI=1S/C15H23BrFN3/c1-12(11-20-7-5-19(2)6-8-20)18-10-13-9-14(17)3-4-15(13)16/h3-4,9,12,18H,5-8,10-11H2,1-2H3. The van der Waals surface area contributed by atoms with E-state index in [2.05, 4.69) is 45.0 Å². The second kappa shape index (κ2) is 7.50. The first-order valence-electron chi connectivity index (χ1n) is 7.13. The molecule has 1 heterocycles. The third kappa shape index (κ3) is 4.81. The number of rotatable bonds is 5. The molecule has 0 aliphatic carbocycles. The van der Waals surface area contributed by atoms with Gasteiger partial charge in [0.2, 0.25) is 0 Å². The summed E-state index contributed by atoms with van der Waals surface area (Å²) in [4.78, 5) is 4.84. The molecule has 0 aromatic heterocycles. The molecule has 0 saturated carbocycles. The number of nitrogens with one attached hydrogen (secondary N) is 1. The van der Waals surface area contributed by atoms with E-state index in [0.717, 1.165) is 42.8 Å². The van der Waals surface area contributed by atoms with Gasteiger partial charge in [0.1, 0.15) is 5.82 Å². The molecule has 1 N–H and O–H groups in total. The first-order valence-corrected chi connectivity index (χ1v) is 7.92. The molecule has 0 spiro atoms. The van der Waals surface area contributed by atoms with Crippen LogP contribution in [-0.2, 0) is 6.54 Å². The van der Waals surface area contributed by atoms with E-state index in [4.69, 9.17) is 0 Å². The van der Waals surface area contributed by atoms with Crippen LogP contribution in [0.4, 0.5) is 4.39 Å². The topological polar surface area (TPSA) is 18.5 Å². The van der Waals surface area contributed by atoms with E-state index < -0.39 is 0 Å². The number of nitrogens with zero attached hydrogens (tertiary/aromatic N) is 2. The van der Waals surface area contributed by atoms with Gasteiger partial charge in [0.05, 0.1) is 0 Å². The van der Waals surface area contributed by atoms with Crippen LogP contribution in [0.1, 0.15) is 12.5 Å². The fourth-order valence-electron chi connectivity index (χ4n) is 2.45. The minimum atomic E-state index is -0.184. The van der Waals surface area contributed by atoms with Gasteiger partial charge in [0, 0.05) is 49.8 Å². The number of piperazine rings is 1. The molecule has 1 fully saturated rings. The lowest BCUT2D eigenvalue weighted by atomic mass is 10.2. The molecule has 0 amide bonds. The normalized spacial score (nSPS) is 19.2. The maximum Gasteiger partial charge on any atom is 0.123 e. The van der Waals surface area contributed by atoms with Gasteiger partial charge in [-0.15, -0.1) is 0 Å². The molecule has 1 aromatic carbocycles. The van der Waals surface area contributed by atoms with Crippen molar-refractivity contribution in [3.63, 3.8) is 0 Å². The molecule has 1 aromatic rings. The molecule has 0 radical (unpaired) electrons. The van der Waals surface area contributed by atoms with Crippen LogP contribution in [0.15, 0.2) is 22.7 Å². The first-order chi connectivity index (χ1) is 9.54. The Morgan fingerprint density at radius 3 is 2.70 bits per heavy atom. The summed E-state index contributed by atoms with van der Waals surface area (Å²) in [5.41, 5.74) is 0.968. The summed E-state index contributed by atoms with van der Waals surface area (Å²) < 4.78 is 14.2. The molecular formula is C15H23BrFN3. The van der Waals surface area contributed by atoms with Gasteiger partial charge in [0.25, 0.3) is 0 Å². The SMILES string of the molecule is CC(CN1CCN(C)CC1)NCc1cc(F)ccc1Br. The summed E-state index contributed by atoms with van der Waals surface area (Å²) in [7, 11) is 2.17. The average Bonchev–Trinajstić information content (AvgIpc) is 2.42. The van der Waals surface area contributed by atoms with Crippen molar-refractivity contribution in [1.82, 2.24) is 15.1 Å². The van der Waals surface area contributed by atoms with Crippen molar-refractivity contribution in [2.45, 2.75) is 19.5 Å². The predicted octanol–water partition coefficient (Wildman–Crippen LogP) is 2.31. The monoisotopic (exact) mass is 343 g/mol. The van der Waals surface area contributed by atoms with Crippen molar-refractivity contribution in [3.8, 4) is 0 Å². The molecule has 1 aliphatic heterocycles. The zero-order valence-corrected chi connectivity index (χ0v) is 13.8. The third-order valence-corrected chi connectivity index (χ3v) is 4.55. The van der Waals surface area contributed by atoms with Crippen LogP contribution in [0.2, 0.25) is 0 Å². The Bertz CT molecular complexity index is 433. The number of benzene rings is 1. The molecular weight excluding hydrogens is 321 g/mol. The summed E-state index contributed by atoms with van der Waals surface area (Å²) in [6.07, 6.45) is 0. The van der Waals surface area contributed by atoms with E-state index in [0.29, 0.717) is 12.6 Å². The highest BCUT2D eigenvalue weighted by Crippen LogP contribution is 2.17. The fourth-order valence-corrected chi connectivity index (χ4v) is 2.83. The third-order valence-electron chi connectivity index (χ3n) is 3.78. The van der Waals surface area contributed by atoms with Crippen molar-refractivity contribution >= 4 is 15.9 Å². The van der Waals surface area contributed by atoms with Crippen molar-refractivity contribution in [2.24, 2.45) is 0 Å². The molecule has 3 nitrogen and oxygen atoms in total. The Labute approximate surface area is 129 Å². The van der Waals surface area contributed by atoms with Crippen LogP contribution in [-0.4, -0.2) is 55.6 Å². The van der Waals surface area contributed by atoms with Crippen molar-refractivity contribution in [2.75, 3.05) is 39.8 Å². The van der Waals surface area contributed by atoms with Crippen molar-refractivity contribution in [3.05, 3.63) is 34.1 Å². The van der Waals surface area contributed by atoms with Crippen molar-refractivity contribution < 1.29 is 4.39 Å². The van der Waals surface area contributed by atoms with E-state index in [1.165, 1.54) is 6.07 Å². The maximum absolute atomic E-state index is 13.2. The fraction of sp³-hybridized carbons (Fsp3) is 0.600. The number of halogens is 2. The Kier molecular flexibility index (Phi) is 5.96. The minimum Gasteiger partial charge on any atom is -0.309 e. The van der Waals surface area contributed by atoms with Crippen LogP contribution >= 0.6 is 15.9 Å². The molecule has 5 heteroatoms. The van der Waals surface area contributed by atoms with Gasteiger partial charge < -0.3 is 10.2 Å². The molecule has 0 bridgehead atoms. The molecule has 1 saturated heterocycles. The summed E-state index contributed by atoms with van der Waals surface area (Å²) in [5.74, 6) is -0.184. The molecule has 112 valence electrons. The molecule has 2 rings (SSSR count). The van der Waals surface area contributed by atoms with Crippen LogP contribution in [0.5, 0.6) is 0 Å². The highest BCUT2D eigenvalue weighted by Gasteiger charge is 2.15. The molecule has 1 unspecified atom stereocenters. The Balaban J connectivity index is 1.77. The van der Waals surface area contributed by atoms with E-state index in [9.17, 15) is 4.39 Å². The summed E-state index contributed by atoms with van der Waals surface area (Å²) in [5, 5.41) is 3.47. The van der Waals surface area contributed by atoms with Gasteiger partial charge in [0.15, 0.2) is 0 Å². The van der Waals surface area contributed by atoms with Gasteiger partial charge in [-0.1, -0.05) is 15.9 Å². The highest BCUT2D eigenvalue weighted by atomic mass is 79.9.